The molecule has 7 nitrogen and oxygen atoms in total. The molecule has 0 amide bonds. The van der Waals surface area contributed by atoms with Crippen LogP contribution < -0.4 is 5.73 Å². The van der Waals surface area contributed by atoms with Crippen LogP contribution in [0.4, 0.5) is 19.0 Å². The summed E-state index contributed by atoms with van der Waals surface area (Å²) in [6, 6.07) is 3.09. The summed E-state index contributed by atoms with van der Waals surface area (Å²) in [6.45, 7) is 1.62. The van der Waals surface area contributed by atoms with Gasteiger partial charge in [0.15, 0.2) is 5.82 Å². The number of halogens is 5. The standard InChI is InChI=1S/C13H9Cl2F3N4OS.C4H4N2/c1-2-24(23)11-9(5-19)21-22(12(11)20)10-7(14)3-6(4-8(10)15)13(16,17)18;1-2-6-4-3-5-1/h3-4H,2,20H2,1H3;1-4H. The van der Waals surface area contributed by atoms with E-state index in [1.807, 2.05) is 0 Å². The third kappa shape index (κ3) is 5.34. The van der Waals surface area contributed by atoms with E-state index in [2.05, 4.69) is 15.1 Å². The van der Waals surface area contributed by atoms with Gasteiger partial charge in [-0.3, -0.25) is 9.97 Å². The molecule has 0 saturated heterocycles. The zero-order valence-electron chi connectivity index (χ0n) is 15.2. The molecule has 1 atom stereocenters. The van der Waals surface area contributed by atoms with Gasteiger partial charge in [-0.15, -0.1) is 5.10 Å². The topological polar surface area (TPSA) is 116 Å². The van der Waals surface area contributed by atoms with Crippen LogP contribution >= 0.6 is 23.2 Å². The van der Waals surface area contributed by atoms with Crippen molar-refractivity contribution in [1.29, 1.82) is 5.26 Å². The first-order valence-corrected chi connectivity index (χ1v) is 10.1. The van der Waals surface area contributed by atoms with Crippen LogP contribution in [-0.2, 0) is 17.4 Å². The van der Waals surface area contributed by atoms with Crippen molar-refractivity contribution in [3.8, 4) is 11.8 Å². The van der Waals surface area contributed by atoms with Crippen LogP contribution in [0.15, 0.2) is 41.8 Å². The zero-order valence-corrected chi connectivity index (χ0v) is 17.5. The van der Waals surface area contributed by atoms with Crippen LogP contribution in [-0.4, -0.2) is 30.1 Å². The maximum atomic E-state index is 12.8. The van der Waals surface area contributed by atoms with E-state index in [0.29, 0.717) is 12.1 Å². The lowest BCUT2D eigenvalue weighted by atomic mass is 10.2. The van der Waals surface area contributed by atoms with Crippen molar-refractivity contribution in [3.05, 3.63) is 58.2 Å². The van der Waals surface area contributed by atoms with Gasteiger partial charge in [0.25, 0.3) is 0 Å². The van der Waals surface area contributed by atoms with Gasteiger partial charge in [-0.25, -0.2) is 4.68 Å². The summed E-state index contributed by atoms with van der Waals surface area (Å²) in [7, 11) is 0. The van der Waals surface area contributed by atoms with Crippen LogP contribution in [0.25, 0.3) is 5.69 Å². The number of nitriles is 1. The molecule has 0 spiro atoms. The molecule has 30 heavy (non-hydrogen) atoms. The fraction of sp³-hybridized carbons (Fsp3) is 0.176. The van der Waals surface area contributed by atoms with Crippen molar-refractivity contribution >= 4 is 40.2 Å². The van der Waals surface area contributed by atoms with Gasteiger partial charge in [-0.1, -0.05) is 23.2 Å². The Labute approximate surface area is 182 Å². The minimum atomic E-state index is -4.63. The Bertz CT molecular complexity index is 1010. The van der Waals surface area contributed by atoms with E-state index in [0.717, 1.165) is 4.68 Å². The highest BCUT2D eigenvalue weighted by atomic mass is 35.5. The third-order valence-corrected chi connectivity index (χ3v) is 5.46. The van der Waals surface area contributed by atoms with Crippen LogP contribution in [0.5, 0.6) is 0 Å². The molecule has 2 aromatic heterocycles. The highest BCUT2D eigenvalue weighted by molar-refractivity contribution is 7.91. The minimum absolute atomic E-state index is 0.00738. The largest absolute Gasteiger partial charge is 0.611 e. The second kappa shape index (κ2) is 9.99. The molecule has 2 heterocycles. The highest BCUT2D eigenvalue weighted by Gasteiger charge is 2.33. The third-order valence-electron chi connectivity index (χ3n) is 3.51. The molecule has 0 aliphatic carbocycles. The van der Waals surface area contributed by atoms with E-state index < -0.39 is 22.9 Å². The average molecular weight is 477 g/mol. The lowest BCUT2D eigenvalue weighted by molar-refractivity contribution is -0.137. The molecule has 0 aliphatic rings. The number of nitrogen functional groups attached to an aromatic ring is 1. The highest BCUT2D eigenvalue weighted by Crippen LogP contribution is 2.39. The van der Waals surface area contributed by atoms with E-state index in [1.54, 1.807) is 37.8 Å². The average Bonchev–Trinajstić information content (AvgIpc) is 3.04. The summed E-state index contributed by atoms with van der Waals surface area (Å²) >= 11 is 10.2. The molecule has 0 saturated carbocycles. The normalized spacial score (nSPS) is 11.9. The van der Waals surface area contributed by atoms with Crippen LogP contribution in [0.3, 0.4) is 0 Å². The Hall–Kier alpha value is -2.52. The van der Waals surface area contributed by atoms with Crippen LogP contribution in [0.1, 0.15) is 18.2 Å². The number of benzene rings is 1. The molecule has 0 radical (unpaired) electrons. The summed E-state index contributed by atoms with van der Waals surface area (Å²) in [5.74, 6) is 0.00859. The monoisotopic (exact) mass is 476 g/mol. The number of nitrogens with zero attached hydrogens (tertiary/aromatic N) is 5. The van der Waals surface area contributed by atoms with Crippen LogP contribution in [0, 0.1) is 11.3 Å². The fourth-order valence-corrected chi connectivity index (χ4v) is 3.77. The number of hydrogen-bond acceptors (Lipinski definition) is 6. The molecule has 0 bridgehead atoms. The van der Waals surface area contributed by atoms with Gasteiger partial charge >= 0.3 is 6.18 Å². The molecule has 0 aliphatic heterocycles. The molecule has 3 aromatic rings. The number of anilines is 1. The van der Waals surface area contributed by atoms with Gasteiger partial charge in [-0.05, 0) is 30.2 Å². The molecular weight excluding hydrogens is 464 g/mol. The number of nitrogens with two attached hydrogens (primary N) is 1. The number of alkyl halides is 3. The van der Waals surface area contributed by atoms with Gasteiger partial charge in [0, 0.05) is 24.8 Å². The number of aromatic nitrogens is 4. The lowest BCUT2D eigenvalue weighted by Gasteiger charge is -2.13. The molecule has 1 unspecified atom stereocenters. The maximum Gasteiger partial charge on any atom is 0.416 e. The molecular formula is C17H13Cl2F3N6OS. The first-order valence-electron chi connectivity index (χ1n) is 8.05. The smallest absolute Gasteiger partial charge is 0.416 e. The molecule has 3 rings (SSSR count). The molecule has 1 aromatic carbocycles. The van der Waals surface area contributed by atoms with Gasteiger partial charge < -0.3 is 10.3 Å². The summed E-state index contributed by atoms with van der Waals surface area (Å²) in [6.07, 6.45) is 1.92. The van der Waals surface area contributed by atoms with Crippen molar-refractivity contribution in [1.82, 2.24) is 19.7 Å². The second-order valence-electron chi connectivity index (χ2n) is 5.40. The summed E-state index contributed by atoms with van der Waals surface area (Å²) in [5.41, 5.74) is 4.50. The molecule has 13 heteroatoms. The first kappa shape index (κ1) is 23.8. The Kier molecular flexibility index (Phi) is 7.91. The van der Waals surface area contributed by atoms with E-state index in [4.69, 9.17) is 34.2 Å². The van der Waals surface area contributed by atoms with Crippen molar-refractivity contribution in [2.24, 2.45) is 0 Å². The van der Waals surface area contributed by atoms with Gasteiger partial charge in [-0.2, -0.15) is 18.4 Å². The Morgan fingerprint density at radius 1 is 1.17 bits per heavy atom. The van der Waals surface area contributed by atoms with Crippen molar-refractivity contribution in [2.75, 3.05) is 11.5 Å². The number of rotatable bonds is 3. The summed E-state index contributed by atoms with van der Waals surface area (Å²) in [5, 5.41) is 12.3. The SMILES string of the molecule is CC[S+]([O-])c1c(C#N)nn(-c2c(Cl)cc(C(F)(F)F)cc2Cl)c1N.c1cnccn1. The first-order chi connectivity index (χ1) is 14.1. The molecule has 2 N–H and O–H groups in total. The van der Waals surface area contributed by atoms with E-state index in [9.17, 15) is 17.7 Å². The minimum Gasteiger partial charge on any atom is -0.611 e. The van der Waals surface area contributed by atoms with Crippen molar-refractivity contribution in [3.63, 3.8) is 0 Å². The van der Waals surface area contributed by atoms with Gasteiger partial charge in [0.05, 0.1) is 15.6 Å². The Morgan fingerprint density at radius 3 is 2.03 bits per heavy atom. The van der Waals surface area contributed by atoms with Crippen molar-refractivity contribution < 1.29 is 17.7 Å². The molecule has 158 valence electrons. The Morgan fingerprint density at radius 2 is 1.67 bits per heavy atom. The van der Waals surface area contributed by atoms with Gasteiger partial charge in [0.2, 0.25) is 10.6 Å². The summed E-state index contributed by atoms with van der Waals surface area (Å²) < 4.78 is 51.3. The quantitative estimate of drug-likeness (QED) is 0.564. The molecule has 0 fully saturated rings. The fourth-order valence-electron chi connectivity index (χ4n) is 2.21. The van der Waals surface area contributed by atoms with Gasteiger partial charge in [0.1, 0.15) is 17.5 Å². The second-order valence-corrected chi connectivity index (χ2v) is 7.89. The maximum absolute atomic E-state index is 12.8. The van der Waals surface area contributed by atoms with E-state index in [1.165, 1.54) is 0 Å². The summed E-state index contributed by atoms with van der Waals surface area (Å²) in [4.78, 5) is 7.44. The Balaban J connectivity index is 0.000000456. The van der Waals surface area contributed by atoms with Crippen LogP contribution in [0.2, 0.25) is 10.0 Å². The predicted octanol–water partition coefficient (Wildman–Crippen LogP) is 4.26. The van der Waals surface area contributed by atoms with Crippen molar-refractivity contribution in [2.45, 2.75) is 18.0 Å². The zero-order chi connectivity index (χ0) is 22.5. The van der Waals surface area contributed by atoms with E-state index >= 15 is 0 Å². The van der Waals surface area contributed by atoms with E-state index in [-0.39, 0.29) is 37.9 Å². The predicted molar refractivity (Wildman–Crippen MR) is 107 cm³/mol. The lowest BCUT2D eigenvalue weighted by Crippen LogP contribution is -2.10. The number of hydrogen-bond donors (Lipinski definition) is 1.